The Labute approximate surface area is 95.5 Å². The Hall–Kier alpha value is -1.48. The third-order valence-corrected chi connectivity index (χ3v) is 2.89. The van der Waals surface area contributed by atoms with Gasteiger partial charge in [0.1, 0.15) is 11.4 Å². The van der Waals surface area contributed by atoms with E-state index >= 15 is 0 Å². The number of aryl methyl sites for hydroxylation is 1. The lowest BCUT2D eigenvalue weighted by atomic mass is 10.4. The maximum atomic E-state index is 5.44. The number of rotatable bonds is 5. The van der Waals surface area contributed by atoms with E-state index in [2.05, 4.69) is 30.5 Å². The van der Waals surface area contributed by atoms with Gasteiger partial charge in [0.25, 0.3) is 0 Å². The van der Waals surface area contributed by atoms with E-state index in [1.54, 1.807) is 4.68 Å². The highest BCUT2D eigenvalue weighted by Crippen LogP contribution is 2.19. The van der Waals surface area contributed by atoms with Gasteiger partial charge >= 0.3 is 0 Å². The second-order valence-electron chi connectivity index (χ2n) is 3.06. The van der Waals surface area contributed by atoms with Crippen molar-refractivity contribution in [1.82, 2.24) is 30.5 Å². The van der Waals surface area contributed by atoms with Crippen LogP contribution in [0, 0.1) is 6.92 Å². The second-order valence-corrected chi connectivity index (χ2v) is 4.00. The average Bonchev–Trinajstić information content (AvgIpc) is 2.86. The molecule has 2 aromatic rings. The summed E-state index contributed by atoms with van der Waals surface area (Å²) in [5, 5.41) is 19.5. The third-order valence-electron chi connectivity index (χ3n) is 1.92. The van der Waals surface area contributed by atoms with Crippen molar-refractivity contribution in [1.29, 1.82) is 0 Å². The largest absolute Gasteiger partial charge is 0.329 e. The molecule has 0 atom stereocenters. The van der Waals surface area contributed by atoms with Crippen LogP contribution in [0.15, 0.2) is 9.79 Å². The molecule has 9 heteroatoms. The lowest BCUT2D eigenvalue weighted by Crippen LogP contribution is -2.12. The lowest BCUT2D eigenvalue weighted by molar-refractivity contribution is 0.302. The van der Waals surface area contributed by atoms with Crippen LogP contribution >= 0.6 is 11.8 Å². The fourth-order valence-electron chi connectivity index (χ4n) is 1.08. The van der Waals surface area contributed by atoms with E-state index in [1.165, 1.54) is 11.8 Å². The van der Waals surface area contributed by atoms with Gasteiger partial charge in [-0.25, -0.2) is 9.31 Å². The maximum absolute atomic E-state index is 5.44. The summed E-state index contributed by atoms with van der Waals surface area (Å²) in [6, 6.07) is 0. The number of nitrogens with two attached hydrogens (primary N) is 1. The molecule has 2 N–H and O–H groups in total. The Morgan fingerprint density at radius 3 is 3.00 bits per heavy atom. The van der Waals surface area contributed by atoms with Crippen LogP contribution in [0.25, 0.3) is 0 Å². The van der Waals surface area contributed by atoms with Crippen molar-refractivity contribution in [2.75, 3.05) is 6.54 Å². The molecule has 0 aliphatic rings. The molecular weight excluding hydrogens is 230 g/mol. The van der Waals surface area contributed by atoms with Crippen LogP contribution in [0.4, 0.5) is 0 Å². The maximum Gasteiger partial charge on any atom is 0.209 e. The van der Waals surface area contributed by atoms with E-state index in [1.807, 2.05) is 6.92 Å². The van der Waals surface area contributed by atoms with E-state index < -0.39 is 0 Å². The van der Waals surface area contributed by atoms with Crippen molar-refractivity contribution >= 4 is 11.8 Å². The summed E-state index contributed by atoms with van der Waals surface area (Å²) in [6.45, 7) is 2.95. The summed E-state index contributed by atoms with van der Waals surface area (Å²) in [5.74, 6) is 0.625. The van der Waals surface area contributed by atoms with Gasteiger partial charge in [-0.2, -0.15) is 0 Å². The van der Waals surface area contributed by atoms with Crippen LogP contribution in [0.5, 0.6) is 0 Å². The predicted octanol–water partition coefficient (Wildman–Crippen LogP) is -0.384. The minimum absolute atomic E-state index is 0.503. The average molecular weight is 241 g/mol. The van der Waals surface area contributed by atoms with Crippen LogP contribution in [-0.4, -0.2) is 37.1 Å². The zero-order valence-electron chi connectivity index (χ0n) is 8.70. The van der Waals surface area contributed by atoms with Gasteiger partial charge in [0, 0.05) is 12.3 Å². The monoisotopic (exact) mass is 241 g/mol. The van der Waals surface area contributed by atoms with Gasteiger partial charge in [-0.1, -0.05) is 22.1 Å². The molecule has 0 aliphatic heterocycles. The van der Waals surface area contributed by atoms with Gasteiger partial charge in [0.15, 0.2) is 0 Å². The minimum Gasteiger partial charge on any atom is -0.329 e. The smallest absolute Gasteiger partial charge is 0.209 e. The fourth-order valence-corrected chi connectivity index (χ4v) is 1.97. The molecule has 16 heavy (non-hydrogen) atoms. The Balaban J connectivity index is 1.99. The standard InChI is InChI=1S/C7H11N7OS/c1-5-6(11-15-10-5)4-16-7-9-12-13-14(7)3-2-8/h2-4,8H2,1H3. The molecule has 0 bridgehead atoms. The first-order valence-electron chi connectivity index (χ1n) is 4.68. The highest BCUT2D eigenvalue weighted by molar-refractivity contribution is 7.98. The van der Waals surface area contributed by atoms with Crippen molar-refractivity contribution in [3.05, 3.63) is 11.4 Å². The molecule has 8 nitrogen and oxygen atoms in total. The molecule has 2 aromatic heterocycles. The summed E-state index contributed by atoms with van der Waals surface area (Å²) in [7, 11) is 0. The third kappa shape index (κ3) is 2.36. The molecule has 0 radical (unpaired) electrons. The number of thioether (sulfide) groups is 1. The summed E-state index contributed by atoms with van der Waals surface area (Å²) in [6.07, 6.45) is 0. The van der Waals surface area contributed by atoms with Gasteiger partial charge in [-0.05, 0) is 17.4 Å². The van der Waals surface area contributed by atoms with Gasteiger partial charge in [-0.15, -0.1) is 5.10 Å². The van der Waals surface area contributed by atoms with Gasteiger partial charge in [0.2, 0.25) is 5.16 Å². The fraction of sp³-hybridized carbons (Fsp3) is 0.571. The first kappa shape index (κ1) is 11.0. The van der Waals surface area contributed by atoms with Crippen LogP contribution in [-0.2, 0) is 12.3 Å². The predicted molar refractivity (Wildman–Crippen MR) is 55.5 cm³/mol. The highest BCUT2D eigenvalue weighted by Gasteiger charge is 2.10. The molecule has 0 amide bonds. The lowest BCUT2D eigenvalue weighted by Gasteiger charge is -2.00. The van der Waals surface area contributed by atoms with Crippen molar-refractivity contribution in [3.63, 3.8) is 0 Å². The molecule has 0 spiro atoms. The van der Waals surface area contributed by atoms with E-state index in [0.717, 1.165) is 11.4 Å². The Kier molecular flexibility index (Phi) is 3.47. The molecule has 0 unspecified atom stereocenters. The molecule has 0 aliphatic carbocycles. The summed E-state index contributed by atoms with van der Waals surface area (Å²) in [5.41, 5.74) is 7.02. The van der Waals surface area contributed by atoms with E-state index in [0.29, 0.717) is 24.0 Å². The van der Waals surface area contributed by atoms with E-state index in [9.17, 15) is 0 Å². The van der Waals surface area contributed by atoms with Gasteiger partial charge in [-0.3, -0.25) is 0 Å². The zero-order chi connectivity index (χ0) is 11.4. The van der Waals surface area contributed by atoms with Crippen LogP contribution in [0.2, 0.25) is 0 Å². The van der Waals surface area contributed by atoms with Crippen molar-refractivity contribution in [2.24, 2.45) is 5.73 Å². The molecule has 86 valence electrons. The molecule has 2 heterocycles. The molecule has 0 fully saturated rings. The van der Waals surface area contributed by atoms with Crippen molar-refractivity contribution in [2.45, 2.75) is 24.4 Å². The molecular formula is C7H11N7OS. The number of hydrogen-bond donors (Lipinski definition) is 1. The first-order chi connectivity index (χ1) is 7.81. The Morgan fingerprint density at radius 2 is 2.31 bits per heavy atom. The quantitative estimate of drug-likeness (QED) is 0.705. The molecule has 2 rings (SSSR count). The van der Waals surface area contributed by atoms with Crippen LogP contribution in [0.1, 0.15) is 11.4 Å². The van der Waals surface area contributed by atoms with Gasteiger partial charge < -0.3 is 5.73 Å². The second kappa shape index (κ2) is 5.03. The molecule has 0 aromatic carbocycles. The Bertz CT molecular complexity index is 453. The normalized spacial score (nSPS) is 10.9. The molecule has 0 saturated heterocycles. The first-order valence-corrected chi connectivity index (χ1v) is 5.67. The summed E-state index contributed by atoms with van der Waals surface area (Å²) in [4.78, 5) is 0. The highest BCUT2D eigenvalue weighted by atomic mass is 32.2. The van der Waals surface area contributed by atoms with Crippen LogP contribution in [0.3, 0.4) is 0 Å². The van der Waals surface area contributed by atoms with E-state index in [4.69, 9.17) is 5.73 Å². The summed E-state index contributed by atoms with van der Waals surface area (Å²) >= 11 is 1.47. The topological polar surface area (TPSA) is 109 Å². The summed E-state index contributed by atoms with van der Waals surface area (Å²) < 4.78 is 6.26. The van der Waals surface area contributed by atoms with Crippen molar-refractivity contribution < 1.29 is 4.63 Å². The Morgan fingerprint density at radius 1 is 1.44 bits per heavy atom. The van der Waals surface area contributed by atoms with Crippen molar-refractivity contribution in [3.8, 4) is 0 Å². The zero-order valence-corrected chi connectivity index (χ0v) is 9.51. The molecule has 0 saturated carbocycles. The van der Waals surface area contributed by atoms with Gasteiger partial charge in [0.05, 0.1) is 6.54 Å². The SMILES string of the molecule is Cc1nonc1CSc1nnnn1CCN. The van der Waals surface area contributed by atoms with E-state index in [-0.39, 0.29) is 0 Å². The van der Waals surface area contributed by atoms with Crippen LogP contribution < -0.4 is 5.73 Å². The number of hydrogen-bond acceptors (Lipinski definition) is 8. The number of nitrogens with zero attached hydrogens (tertiary/aromatic N) is 6. The minimum atomic E-state index is 0.503. The number of tetrazole rings is 1. The number of aromatic nitrogens is 6.